The first-order valence-electron chi connectivity index (χ1n) is 7.99. The van der Waals surface area contributed by atoms with E-state index in [-0.39, 0.29) is 12.5 Å². The Morgan fingerprint density at radius 2 is 2.12 bits per heavy atom. The van der Waals surface area contributed by atoms with Crippen molar-refractivity contribution in [3.05, 3.63) is 48.2 Å². The zero-order chi connectivity index (χ0) is 16.8. The van der Waals surface area contributed by atoms with Crippen molar-refractivity contribution >= 4 is 17.4 Å². The van der Waals surface area contributed by atoms with Crippen molar-refractivity contribution in [1.82, 2.24) is 4.98 Å². The van der Waals surface area contributed by atoms with Gasteiger partial charge in [0.2, 0.25) is 0 Å². The lowest BCUT2D eigenvalue weighted by atomic mass is 10.2. The van der Waals surface area contributed by atoms with Gasteiger partial charge < -0.3 is 19.7 Å². The van der Waals surface area contributed by atoms with Crippen molar-refractivity contribution in [2.24, 2.45) is 0 Å². The Morgan fingerprint density at radius 3 is 2.83 bits per heavy atom. The lowest BCUT2D eigenvalue weighted by Crippen LogP contribution is -2.36. The average molecular weight is 327 g/mol. The van der Waals surface area contributed by atoms with Crippen molar-refractivity contribution in [3.8, 4) is 5.75 Å². The molecule has 0 radical (unpaired) electrons. The molecule has 3 rings (SSSR count). The second kappa shape index (κ2) is 7.79. The Balaban J connectivity index is 1.50. The summed E-state index contributed by atoms with van der Waals surface area (Å²) in [7, 11) is 0. The van der Waals surface area contributed by atoms with Gasteiger partial charge in [0.1, 0.15) is 11.6 Å². The summed E-state index contributed by atoms with van der Waals surface area (Å²) in [5.74, 6) is 0.966. The molecule has 6 heteroatoms. The fourth-order valence-corrected chi connectivity index (χ4v) is 2.50. The molecule has 6 nitrogen and oxygen atoms in total. The van der Waals surface area contributed by atoms with Gasteiger partial charge in [-0.15, -0.1) is 0 Å². The number of hydrogen-bond acceptors (Lipinski definition) is 5. The topological polar surface area (TPSA) is 63.7 Å². The molecule has 126 valence electrons. The number of carbonyl (C=O) groups is 1. The van der Waals surface area contributed by atoms with E-state index in [0.717, 1.165) is 37.6 Å². The third kappa shape index (κ3) is 4.45. The molecule has 2 aromatic rings. The molecule has 0 atom stereocenters. The van der Waals surface area contributed by atoms with Crippen LogP contribution in [0.3, 0.4) is 0 Å². The first kappa shape index (κ1) is 16.3. The van der Waals surface area contributed by atoms with Crippen LogP contribution >= 0.6 is 0 Å². The van der Waals surface area contributed by atoms with Crippen LogP contribution in [0.5, 0.6) is 5.75 Å². The van der Waals surface area contributed by atoms with Gasteiger partial charge in [0.05, 0.1) is 25.1 Å². The Morgan fingerprint density at radius 1 is 1.29 bits per heavy atom. The lowest BCUT2D eigenvalue weighted by Gasteiger charge is -2.28. The van der Waals surface area contributed by atoms with Crippen LogP contribution in [0.1, 0.15) is 5.56 Å². The number of benzene rings is 1. The van der Waals surface area contributed by atoms with Gasteiger partial charge in [0, 0.05) is 13.1 Å². The van der Waals surface area contributed by atoms with E-state index in [0.29, 0.717) is 11.6 Å². The maximum absolute atomic E-state index is 12.0. The largest absolute Gasteiger partial charge is 0.484 e. The van der Waals surface area contributed by atoms with Crippen molar-refractivity contribution in [3.63, 3.8) is 0 Å². The third-order valence-electron chi connectivity index (χ3n) is 3.75. The minimum Gasteiger partial charge on any atom is -0.484 e. The van der Waals surface area contributed by atoms with E-state index in [9.17, 15) is 4.79 Å². The van der Waals surface area contributed by atoms with Gasteiger partial charge in [-0.25, -0.2) is 4.98 Å². The Labute approximate surface area is 141 Å². The fourth-order valence-electron chi connectivity index (χ4n) is 2.50. The monoisotopic (exact) mass is 327 g/mol. The average Bonchev–Trinajstić information content (AvgIpc) is 2.61. The first-order chi connectivity index (χ1) is 11.7. The fraction of sp³-hybridized carbons (Fsp3) is 0.333. The summed E-state index contributed by atoms with van der Waals surface area (Å²) in [6, 6.07) is 11.4. The van der Waals surface area contributed by atoms with Crippen LogP contribution in [0.15, 0.2) is 42.6 Å². The van der Waals surface area contributed by atoms with Crippen LogP contribution in [0, 0.1) is 6.92 Å². The highest BCUT2D eigenvalue weighted by Gasteiger charge is 2.12. The van der Waals surface area contributed by atoms with E-state index in [1.807, 2.05) is 37.3 Å². The Hall–Kier alpha value is -2.60. The Kier molecular flexibility index (Phi) is 5.28. The van der Waals surface area contributed by atoms with E-state index in [1.165, 1.54) is 0 Å². The predicted octanol–water partition coefficient (Wildman–Crippen LogP) is 2.24. The van der Waals surface area contributed by atoms with Crippen LogP contribution in [-0.4, -0.2) is 43.8 Å². The number of ether oxygens (including phenoxy) is 2. The number of pyridine rings is 1. The second-order valence-corrected chi connectivity index (χ2v) is 5.65. The molecule has 1 aromatic carbocycles. The second-order valence-electron chi connectivity index (χ2n) is 5.65. The van der Waals surface area contributed by atoms with Gasteiger partial charge in [-0.05, 0) is 36.8 Å². The van der Waals surface area contributed by atoms with Gasteiger partial charge in [-0.1, -0.05) is 12.1 Å². The van der Waals surface area contributed by atoms with Crippen molar-refractivity contribution < 1.29 is 14.3 Å². The molecule has 2 heterocycles. The number of amides is 1. The molecule has 1 N–H and O–H groups in total. The van der Waals surface area contributed by atoms with E-state index in [1.54, 1.807) is 12.3 Å². The number of hydrogen-bond donors (Lipinski definition) is 1. The van der Waals surface area contributed by atoms with Crippen LogP contribution in [0.25, 0.3) is 0 Å². The summed E-state index contributed by atoms with van der Waals surface area (Å²) in [6.07, 6.45) is 1.77. The van der Waals surface area contributed by atoms with E-state index >= 15 is 0 Å². The summed E-state index contributed by atoms with van der Waals surface area (Å²) < 4.78 is 10.8. The van der Waals surface area contributed by atoms with E-state index in [2.05, 4.69) is 15.2 Å². The highest BCUT2D eigenvalue weighted by Crippen LogP contribution is 2.16. The maximum Gasteiger partial charge on any atom is 0.263 e. The molecule has 1 fully saturated rings. The van der Waals surface area contributed by atoms with Crippen LogP contribution in [-0.2, 0) is 9.53 Å². The normalized spacial score (nSPS) is 14.3. The van der Waals surface area contributed by atoms with Crippen molar-refractivity contribution in [2.75, 3.05) is 43.1 Å². The van der Waals surface area contributed by atoms with Crippen molar-refractivity contribution in [1.29, 1.82) is 0 Å². The van der Waals surface area contributed by atoms with Gasteiger partial charge in [-0.3, -0.25) is 4.79 Å². The molecule has 24 heavy (non-hydrogen) atoms. The number of aromatic nitrogens is 1. The zero-order valence-corrected chi connectivity index (χ0v) is 13.7. The molecule has 0 spiro atoms. The number of anilines is 2. The van der Waals surface area contributed by atoms with Crippen molar-refractivity contribution in [2.45, 2.75) is 6.92 Å². The first-order valence-corrected chi connectivity index (χ1v) is 7.99. The number of aryl methyl sites for hydroxylation is 1. The molecule has 0 unspecified atom stereocenters. The van der Waals surface area contributed by atoms with Crippen LogP contribution in [0.4, 0.5) is 11.5 Å². The zero-order valence-electron chi connectivity index (χ0n) is 13.7. The molecule has 0 saturated carbocycles. The lowest BCUT2D eigenvalue weighted by molar-refractivity contribution is -0.118. The van der Waals surface area contributed by atoms with Gasteiger partial charge in [-0.2, -0.15) is 0 Å². The van der Waals surface area contributed by atoms with Crippen LogP contribution < -0.4 is 15.0 Å². The summed E-state index contributed by atoms with van der Waals surface area (Å²) in [5, 5.41) is 2.74. The minimum absolute atomic E-state index is 0.0453. The smallest absolute Gasteiger partial charge is 0.263 e. The molecule has 0 bridgehead atoms. The number of nitrogens with one attached hydrogen (secondary N) is 1. The highest BCUT2D eigenvalue weighted by molar-refractivity contribution is 5.91. The molecule has 1 aliphatic rings. The van der Waals surface area contributed by atoms with Crippen LogP contribution in [0.2, 0.25) is 0 Å². The molecular weight excluding hydrogens is 306 g/mol. The molecular formula is C18H21N3O3. The number of nitrogens with zero attached hydrogens (tertiary/aromatic N) is 2. The summed E-state index contributed by atoms with van der Waals surface area (Å²) in [4.78, 5) is 18.5. The molecule has 1 aliphatic heterocycles. The van der Waals surface area contributed by atoms with E-state index < -0.39 is 0 Å². The third-order valence-corrected chi connectivity index (χ3v) is 3.75. The minimum atomic E-state index is -0.233. The predicted molar refractivity (Wildman–Crippen MR) is 92.6 cm³/mol. The number of carbonyl (C=O) groups excluding carboxylic acids is 1. The molecule has 0 aliphatic carbocycles. The molecule has 1 aromatic heterocycles. The van der Waals surface area contributed by atoms with Gasteiger partial charge >= 0.3 is 0 Å². The van der Waals surface area contributed by atoms with Gasteiger partial charge in [0.25, 0.3) is 5.91 Å². The number of rotatable bonds is 5. The summed E-state index contributed by atoms with van der Waals surface area (Å²) in [6.45, 7) is 5.11. The molecule has 1 amide bonds. The Bertz CT molecular complexity index is 682. The molecule has 1 saturated heterocycles. The van der Waals surface area contributed by atoms with E-state index in [4.69, 9.17) is 9.47 Å². The summed E-state index contributed by atoms with van der Waals surface area (Å²) in [5.41, 5.74) is 2.13. The SMILES string of the molecule is Cc1cccc(OCC(=O)Nc2ccc(N3CCOCC3)cn2)c1. The highest BCUT2D eigenvalue weighted by atomic mass is 16.5. The van der Waals surface area contributed by atoms with Gasteiger partial charge in [0.15, 0.2) is 6.61 Å². The number of morpholine rings is 1. The summed E-state index contributed by atoms with van der Waals surface area (Å²) >= 11 is 0. The maximum atomic E-state index is 12.0. The quantitative estimate of drug-likeness (QED) is 0.912. The standard InChI is InChI=1S/C18H21N3O3/c1-14-3-2-4-16(11-14)24-13-18(22)20-17-6-5-15(12-19-17)21-7-9-23-10-8-21/h2-6,11-12H,7-10,13H2,1H3,(H,19,20,22).